The Morgan fingerprint density at radius 3 is 2.41 bits per heavy atom. The van der Waals surface area contributed by atoms with Gasteiger partial charge in [-0.1, -0.05) is 37.3 Å². The molecule has 0 unspecified atom stereocenters. The fourth-order valence-corrected chi connectivity index (χ4v) is 5.10. The van der Waals surface area contributed by atoms with Gasteiger partial charge in [-0.3, -0.25) is 4.79 Å². The number of likely N-dealkylation sites (tertiary alicyclic amines) is 2. The zero-order valence-electron chi connectivity index (χ0n) is 19.8. The highest BCUT2D eigenvalue weighted by atomic mass is 16.2. The van der Waals surface area contributed by atoms with E-state index in [0.29, 0.717) is 23.9 Å². The zero-order chi connectivity index (χ0) is 23.5. The molecule has 0 atom stereocenters. The molecule has 7 nitrogen and oxygen atoms in total. The predicted octanol–water partition coefficient (Wildman–Crippen LogP) is 4.30. The summed E-state index contributed by atoms with van der Waals surface area (Å²) in [5, 5.41) is 7.46. The van der Waals surface area contributed by atoms with Gasteiger partial charge in [0.1, 0.15) is 0 Å². The summed E-state index contributed by atoms with van der Waals surface area (Å²) in [6, 6.07) is 14.2. The second-order valence-electron chi connectivity index (χ2n) is 9.73. The smallest absolute Gasteiger partial charge is 0.317 e. The van der Waals surface area contributed by atoms with E-state index in [0.717, 1.165) is 62.9 Å². The molecular formula is C27H33N5O2. The summed E-state index contributed by atoms with van der Waals surface area (Å²) >= 11 is 0. The second kappa shape index (κ2) is 9.87. The van der Waals surface area contributed by atoms with Gasteiger partial charge in [-0.05, 0) is 60.8 Å². The number of carbonyl (C=O) groups excluding carboxylic acids is 2. The standard InChI is InChI=1S/C27H33N5O2/c1-20-7-12-30(13-8-20)26(33)24-19-29-32-16-11-23(17-25(24)32)22-9-14-31(15-10-22)27(34)28-18-21-5-3-2-4-6-21/h2-6,11,16-17,19-20,22H,7-10,12-15,18H2,1H3,(H,28,34). The molecule has 0 aliphatic carbocycles. The third kappa shape index (κ3) is 4.79. The van der Waals surface area contributed by atoms with Crippen LogP contribution in [0.4, 0.5) is 4.79 Å². The molecule has 3 amide bonds. The lowest BCUT2D eigenvalue weighted by atomic mass is 9.89. The van der Waals surface area contributed by atoms with E-state index in [-0.39, 0.29) is 11.9 Å². The average Bonchev–Trinajstić information content (AvgIpc) is 3.31. The van der Waals surface area contributed by atoms with Gasteiger partial charge in [0.25, 0.3) is 5.91 Å². The number of nitrogens with zero attached hydrogens (tertiary/aromatic N) is 4. The lowest BCUT2D eigenvalue weighted by Crippen LogP contribution is -2.43. The number of aromatic nitrogens is 2. The highest BCUT2D eigenvalue weighted by Crippen LogP contribution is 2.30. The molecule has 2 aromatic heterocycles. The number of piperidine rings is 2. The second-order valence-corrected chi connectivity index (χ2v) is 9.73. The number of carbonyl (C=O) groups is 2. The number of rotatable bonds is 4. The number of urea groups is 1. The molecule has 5 rings (SSSR count). The molecular weight excluding hydrogens is 426 g/mol. The van der Waals surface area contributed by atoms with E-state index in [2.05, 4.69) is 29.5 Å². The third-order valence-electron chi connectivity index (χ3n) is 7.39. The van der Waals surface area contributed by atoms with E-state index in [1.807, 2.05) is 46.3 Å². The van der Waals surface area contributed by atoms with Crippen molar-refractivity contribution in [2.75, 3.05) is 26.2 Å². The average molecular weight is 460 g/mol. The minimum absolute atomic E-state index is 0.00252. The van der Waals surface area contributed by atoms with E-state index >= 15 is 0 Å². The fourth-order valence-electron chi connectivity index (χ4n) is 5.10. The van der Waals surface area contributed by atoms with Crippen LogP contribution in [0.5, 0.6) is 0 Å². The summed E-state index contributed by atoms with van der Waals surface area (Å²) < 4.78 is 1.80. The summed E-state index contributed by atoms with van der Waals surface area (Å²) in [6.07, 6.45) is 7.62. The molecule has 1 N–H and O–H groups in total. The zero-order valence-corrected chi connectivity index (χ0v) is 19.8. The highest BCUT2D eigenvalue weighted by Gasteiger charge is 2.26. The Morgan fingerprint density at radius 2 is 1.68 bits per heavy atom. The van der Waals surface area contributed by atoms with Crippen molar-refractivity contribution in [1.29, 1.82) is 0 Å². The SMILES string of the molecule is CC1CCN(C(=O)c2cnn3ccc(C4CCN(C(=O)NCc5ccccc5)CC4)cc23)CC1. The lowest BCUT2D eigenvalue weighted by molar-refractivity contribution is 0.0699. The van der Waals surface area contributed by atoms with Crippen molar-refractivity contribution in [2.45, 2.75) is 45.1 Å². The molecule has 2 aliphatic heterocycles. The van der Waals surface area contributed by atoms with Crippen LogP contribution in [0.25, 0.3) is 5.52 Å². The molecule has 7 heteroatoms. The largest absolute Gasteiger partial charge is 0.339 e. The van der Waals surface area contributed by atoms with Gasteiger partial charge in [-0.2, -0.15) is 5.10 Å². The summed E-state index contributed by atoms with van der Waals surface area (Å²) in [6.45, 7) is 5.90. The normalized spacial score (nSPS) is 17.8. The Bertz CT molecular complexity index is 1140. The van der Waals surface area contributed by atoms with Gasteiger partial charge in [0.05, 0.1) is 17.3 Å². The van der Waals surface area contributed by atoms with Gasteiger partial charge in [0.15, 0.2) is 0 Å². The first-order valence-corrected chi connectivity index (χ1v) is 12.4. The van der Waals surface area contributed by atoms with Crippen molar-refractivity contribution < 1.29 is 9.59 Å². The van der Waals surface area contributed by atoms with Crippen molar-refractivity contribution >= 4 is 17.5 Å². The molecule has 3 aromatic rings. The van der Waals surface area contributed by atoms with Crippen molar-refractivity contribution in [3.05, 3.63) is 71.5 Å². The minimum Gasteiger partial charge on any atom is -0.339 e. The van der Waals surface area contributed by atoms with E-state index < -0.39 is 0 Å². The lowest BCUT2D eigenvalue weighted by Gasteiger charge is -2.32. The number of hydrogen-bond donors (Lipinski definition) is 1. The molecule has 2 saturated heterocycles. The summed E-state index contributed by atoms with van der Waals surface area (Å²) in [5.74, 6) is 1.15. The number of fused-ring (bicyclic) bond motifs is 1. The Morgan fingerprint density at radius 1 is 0.971 bits per heavy atom. The van der Waals surface area contributed by atoms with Gasteiger partial charge in [-0.15, -0.1) is 0 Å². The number of pyridine rings is 1. The molecule has 0 spiro atoms. The van der Waals surface area contributed by atoms with E-state index in [1.54, 1.807) is 10.7 Å². The van der Waals surface area contributed by atoms with Crippen LogP contribution < -0.4 is 5.32 Å². The maximum absolute atomic E-state index is 13.2. The minimum atomic E-state index is -0.00252. The van der Waals surface area contributed by atoms with Gasteiger partial charge in [0, 0.05) is 38.9 Å². The van der Waals surface area contributed by atoms with Crippen LogP contribution in [0.15, 0.2) is 54.9 Å². The van der Waals surface area contributed by atoms with Crippen molar-refractivity contribution in [3.8, 4) is 0 Å². The maximum Gasteiger partial charge on any atom is 0.317 e. The molecule has 0 saturated carbocycles. The summed E-state index contributed by atoms with van der Waals surface area (Å²) in [4.78, 5) is 29.7. The monoisotopic (exact) mass is 459 g/mol. The maximum atomic E-state index is 13.2. The topological polar surface area (TPSA) is 70.0 Å². The van der Waals surface area contributed by atoms with Crippen LogP contribution in [0.2, 0.25) is 0 Å². The van der Waals surface area contributed by atoms with Crippen molar-refractivity contribution in [1.82, 2.24) is 24.7 Å². The highest BCUT2D eigenvalue weighted by molar-refractivity contribution is 6.00. The van der Waals surface area contributed by atoms with E-state index in [1.165, 1.54) is 5.56 Å². The van der Waals surface area contributed by atoms with Crippen LogP contribution in [-0.2, 0) is 6.54 Å². The van der Waals surface area contributed by atoms with Crippen LogP contribution in [-0.4, -0.2) is 57.5 Å². The molecule has 0 radical (unpaired) electrons. The fraction of sp³-hybridized carbons (Fsp3) is 0.444. The van der Waals surface area contributed by atoms with Crippen LogP contribution in [0.3, 0.4) is 0 Å². The molecule has 34 heavy (non-hydrogen) atoms. The van der Waals surface area contributed by atoms with Gasteiger partial charge >= 0.3 is 6.03 Å². The molecule has 2 aliphatic rings. The molecule has 1 aromatic carbocycles. The molecule has 2 fully saturated rings. The van der Waals surface area contributed by atoms with Crippen molar-refractivity contribution in [3.63, 3.8) is 0 Å². The third-order valence-corrected chi connectivity index (χ3v) is 7.39. The first kappa shape index (κ1) is 22.4. The van der Waals surface area contributed by atoms with Gasteiger partial charge in [0.2, 0.25) is 0 Å². The number of nitrogens with one attached hydrogen (secondary N) is 1. The molecule has 0 bridgehead atoms. The van der Waals surface area contributed by atoms with Crippen LogP contribution >= 0.6 is 0 Å². The quantitative estimate of drug-likeness (QED) is 0.633. The predicted molar refractivity (Wildman–Crippen MR) is 132 cm³/mol. The Labute approximate surface area is 200 Å². The molecule has 178 valence electrons. The van der Waals surface area contributed by atoms with Crippen LogP contribution in [0, 0.1) is 5.92 Å². The van der Waals surface area contributed by atoms with E-state index in [4.69, 9.17) is 0 Å². The van der Waals surface area contributed by atoms with Gasteiger partial charge < -0.3 is 15.1 Å². The van der Waals surface area contributed by atoms with Crippen LogP contribution in [0.1, 0.15) is 60.0 Å². The van der Waals surface area contributed by atoms with E-state index in [9.17, 15) is 9.59 Å². The Kier molecular flexibility index (Phi) is 6.52. The summed E-state index contributed by atoms with van der Waals surface area (Å²) in [7, 11) is 0. The first-order chi connectivity index (χ1) is 16.6. The molecule has 4 heterocycles. The Balaban J connectivity index is 1.21. The summed E-state index contributed by atoms with van der Waals surface area (Å²) in [5.41, 5.74) is 3.89. The van der Waals surface area contributed by atoms with Crippen molar-refractivity contribution in [2.24, 2.45) is 5.92 Å². The number of hydrogen-bond acceptors (Lipinski definition) is 3. The van der Waals surface area contributed by atoms with Gasteiger partial charge in [-0.25, -0.2) is 9.31 Å². The number of benzene rings is 1. The number of amides is 3. The Hall–Kier alpha value is -3.35. The first-order valence-electron chi connectivity index (χ1n) is 12.4.